The number of ether oxygens (including phenoxy) is 1. The van der Waals surface area contributed by atoms with Crippen molar-refractivity contribution in [3.8, 4) is 0 Å². The van der Waals surface area contributed by atoms with Gasteiger partial charge in [0.1, 0.15) is 0 Å². The number of rotatable bonds is 8. The number of nitrogens with one attached hydrogen (secondary N) is 1. The molecule has 3 heteroatoms. The zero-order valence-electron chi connectivity index (χ0n) is 11.9. The SMILES string of the molecule is CCOCCCNCC(C)N1CCCC(C)C1. The summed E-state index contributed by atoms with van der Waals surface area (Å²) in [4.78, 5) is 2.63. The fraction of sp³-hybridized carbons (Fsp3) is 1.00. The Morgan fingerprint density at radius 2 is 2.29 bits per heavy atom. The van der Waals surface area contributed by atoms with E-state index in [1.54, 1.807) is 0 Å². The summed E-state index contributed by atoms with van der Waals surface area (Å²) in [6.45, 7) is 13.2. The molecule has 0 bridgehead atoms. The van der Waals surface area contributed by atoms with Gasteiger partial charge in [-0.1, -0.05) is 6.92 Å². The second-order valence-corrected chi connectivity index (χ2v) is 5.35. The quantitative estimate of drug-likeness (QED) is 0.660. The largest absolute Gasteiger partial charge is 0.382 e. The summed E-state index contributed by atoms with van der Waals surface area (Å²) in [5.74, 6) is 0.879. The van der Waals surface area contributed by atoms with E-state index in [0.717, 1.165) is 38.6 Å². The number of likely N-dealkylation sites (tertiary alicyclic amines) is 1. The molecule has 1 aliphatic rings. The highest BCUT2D eigenvalue weighted by atomic mass is 16.5. The van der Waals surface area contributed by atoms with Crippen molar-refractivity contribution in [2.75, 3.05) is 39.4 Å². The van der Waals surface area contributed by atoms with Gasteiger partial charge in [-0.15, -0.1) is 0 Å². The lowest BCUT2D eigenvalue weighted by molar-refractivity contribution is 0.132. The van der Waals surface area contributed by atoms with E-state index in [2.05, 4.69) is 24.1 Å². The molecule has 0 amide bonds. The average Bonchev–Trinajstić information content (AvgIpc) is 2.33. The van der Waals surface area contributed by atoms with Crippen molar-refractivity contribution >= 4 is 0 Å². The summed E-state index contributed by atoms with van der Waals surface area (Å²) < 4.78 is 5.32. The van der Waals surface area contributed by atoms with E-state index < -0.39 is 0 Å². The molecule has 102 valence electrons. The Balaban J connectivity index is 2.02. The maximum Gasteiger partial charge on any atom is 0.0477 e. The predicted octanol–water partition coefficient (Wildman–Crippen LogP) is 2.12. The molecule has 0 aromatic heterocycles. The number of piperidine rings is 1. The van der Waals surface area contributed by atoms with Crippen LogP contribution in [0.5, 0.6) is 0 Å². The molecule has 1 aliphatic heterocycles. The lowest BCUT2D eigenvalue weighted by Gasteiger charge is -2.35. The van der Waals surface area contributed by atoms with E-state index in [0.29, 0.717) is 6.04 Å². The van der Waals surface area contributed by atoms with E-state index in [1.807, 2.05) is 6.92 Å². The van der Waals surface area contributed by atoms with Crippen molar-refractivity contribution in [2.45, 2.75) is 46.1 Å². The van der Waals surface area contributed by atoms with Crippen LogP contribution in [0.3, 0.4) is 0 Å². The number of nitrogens with zero attached hydrogens (tertiary/aromatic N) is 1. The third-order valence-electron chi connectivity index (χ3n) is 3.60. The third-order valence-corrected chi connectivity index (χ3v) is 3.60. The molecule has 1 fully saturated rings. The molecule has 2 atom stereocenters. The van der Waals surface area contributed by atoms with E-state index in [9.17, 15) is 0 Å². The van der Waals surface area contributed by atoms with Crippen LogP contribution in [-0.2, 0) is 4.74 Å². The van der Waals surface area contributed by atoms with Crippen LogP contribution in [0, 0.1) is 5.92 Å². The molecule has 0 spiro atoms. The fourth-order valence-corrected chi connectivity index (χ4v) is 2.51. The van der Waals surface area contributed by atoms with Crippen LogP contribution in [0.2, 0.25) is 0 Å². The van der Waals surface area contributed by atoms with Gasteiger partial charge in [-0.2, -0.15) is 0 Å². The van der Waals surface area contributed by atoms with Crippen molar-refractivity contribution in [3.05, 3.63) is 0 Å². The van der Waals surface area contributed by atoms with E-state index in [4.69, 9.17) is 4.74 Å². The molecule has 1 heterocycles. The topological polar surface area (TPSA) is 24.5 Å². The summed E-state index contributed by atoms with van der Waals surface area (Å²) in [5.41, 5.74) is 0. The maximum absolute atomic E-state index is 5.32. The summed E-state index contributed by atoms with van der Waals surface area (Å²) in [5, 5.41) is 3.53. The highest BCUT2D eigenvalue weighted by Crippen LogP contribution is 2.17. The lowest BCUT2D eigenvalue weighted by Crippen LogP contribution is -2.45. The first-order valence-electron chi connectivity index (χ1n) is 7.26. The van der Waals surface area contributed by atoms with Crippen LogP contribution in [0.15, 0.2) is 0 Å². The Morgan fingerprint density at radius 3 is 3.00 bits per heavy atom. The van der Waals surface area contributed by atoms with Crippen LogP contribution in [0.25, 0.3) is 0 Å². The van der Waals surface area contributed by atoms with Crippen molar-refractivity contribution in [3.63, 3.8) is 0 Å². The van der Waals surface area contributed by atoms with Gasteiger partial charge in [-0.25, -0.2) is 0 Å². The molecule has 0 aromatic rings. The molecular formula is C14H30N2O. The molecule has 3 nitrogen and oxygen atoms in total. The van der Waals surface area contributed by atoms with Gasteiger partial charge in [-0.05, 0) is 52.1 Å². The standard InChI is InChI=1S/C14H30N2O/c1-4-17-10-6-8-15-11-14(3)16-9-5-7-13(2)12-16/h13-15H,4-12H2,1-3H3. The zero-order valence-corrected chi connectivity index (χ0v) is 11.9. The van der Waals surface area contributed by atoms with Gasteiger partial charge in [0.05, 0.1) is 0 Å². The predicted molar refractivity (Wildman–Crippen MR) is 73.4 cm³/mol. The maximum atomic E-state index is 5.32. The molecule has 1 rings (SSSR count). The molecular weight excluding hydrogens is 212 g/mol. The van der Waals surface area contributed by atoms with Crippen molar-refractivity contribution in [1.82, 2.24) is 10.2 Å². The molecule has 0 aliphatic carbocycles. The third kappa shape index (κ3) is 6.39. The van der Waals surface area contributed by atoms with E-state index in [1.165, 1.54) is 25.9 Å². The Bertz CT molecular complexity index is 187. The minimum atomic E-state index is 0.671. The second kappa shape index (κ2) is 8.90. The Labute approximate surface area is 107 Å². The summed E-state index contributed by atoms with van der Waals surface area (Å²) in [7, 11) is 0. The van der Waals surface area contributed by atoms with Gasteiger partial charge in [0, 0.05) is 32.3 Å². The smallest absolute Gasteiger partial charge is 0.0477 e. The summed E-state index contributed by atoms with van der Waals surface area (Å²) >= 11 is 0. The van der Waals surface area contributed by atoms with Crippen LogP contribution < -0.4 is 5.32 Å². The molecule has 2 unspecified atom stereocenters. The number of hydrogen-bond acceptors (Lipinski definition) is 3. The molecule has 1 saturated heterocycles. The van der Waals surface area contributed by atoms with Crippen molar-refractivity contribution in [1.29, 1.82) is 0 Å². The second-order valence-electron chi connectivity index (χ2n) is 5.35. The minimum Gasteiger partial charge on any atom is -0.382 e. The molecule has 0 aromatic carbocycles. The van der Waals surface area contributed by atoms with Gasteiger partial charge in [0.2, 0.25) is 0 Å². The first-order valence-corrected chi connectivity index (χ1v) is 7.26. The number of hydrogen-bond donors (Lipinski definition) is 1. The average molecular weight is 242 g/mol. The van der Waals surface area contributed by atoms with Crippen molar-refractivity contribution < 1.29 is 4.74 Å². The Morgan fingerprint density at radius 1 is 1.47 bits per heavy atom. The zero-order chi connectivity index (χ0) is 12.5. The molecule has 17 heavy (non-hydrogen) atoms. The van der Waals surface area contributed by atoms with Gasteiger partial charge in [-0.3, -0.25) is 4.90 Å². The van der Waals surface area contributed by atoms with Crippen LogP contribution >= 0.6 is 0 Å². The monoisotopic (exact) mass is 242 g/mol. The molecule has 1 N–H and O–H groups in total. The molecule has 0 saturated carbocycles. The van der Waals surface area contributed by atoms with E-state index >= 15 is 0 Å². The fourth-order valence-electron chi connectivity index (χ4n) is 2.51. The van der Waals surface area contributed by atoms with Gasteiger partial charge < -0.3 is 10.1 Å². The summed E-state index contributed by atoms with van der Waals surface area (Å²) in [6, 6.07) is 0.671. The van der Waals surface area contributed by atoms with Crippen LogP contribution in [-0.4, -0.2) is 50.3 Å². The van der Waals surface area contributed by atoms with E-state index in [-0.39, 0.29) is 0 Å². The van der Waals surface area contributed by atoms with Gasteiger partial charge in [0.15, 0.2) is 0 Å². The first kappa shape index (κ1) is 14.9. The van der Waals surface area contributed by atoms with Crippen LogP contribution in [0.4, 0.5) is 0 Å². The normalized spacial score (nSPS) is 23.8. The first-order chi connectivity index (χ1) is 8.24. The van der Waals surface area contributed by atoms with Gasteiger partial charge in [0.25, 0.3) is 0 Å². The Kier molecular flexibility index (Phi) is 7.82. The Hall–Kier alpha value is -0.120. The highest BCUT2D eigenvalue weighted by Gasteiger charge is 2.20. The van der Waals surface area contributed by atoms with Crippen LogP contribution in [0.1, 0.15) is 40.0 Å². The molecule has 0 radical (unpaired) electrons. The minimum absolute atomic E-state index is 0.671. The lowest BCUT2D eigenvalue weighted by atomic mass is 9.99. The highest BCUT2D eigenvalue weighted by molar-refractivity contribution is 4.76. The van der Waals surface area contributed by atoms with Crippen molar-refractivity contribution in [2.24, 2.45) is 5.92 Å². The summed E-state index contributed by atoms with van der Waals surface area (Å²) in [6.07, 6.45) is 3.90. The van der Waals surface area contributed by atoms with Gasteiger partial charge >= 0.3 is 0 Å².